The number of nitrogens with zero attached hydrogens (tertiary/aromatic N) is 2. The van der Waals surface area contributed by atoms with Crippen LogP contribution >= 0.6 is 6.89 Å². The van der Waals surface area contributed by atoms with Crippen molar-refractivity contribution >= 4 is 72.2 Å². The number of anilines is 1. The van der Waals surface area contributed by atoms with Gasteiger partial charge in [0.2, 0.25) is 5.91 Å². The molecule has 12 heteroatoms. The third-order valence-corrected chi connectivity index (χ3v) is 21.0. The molecule has 4 atom stereocenters. The Morgan fingerprint density at radius 3 is 1.97 bits per heavy atom. The van der Waals surface area contributed by atoms with Crippen LogP contribution < -0.4 is 21.2 Å². The second-order valence-corrected chi connectivity index (χ2v) is 25.3. The van der Waals surface area contributed by atoms with Crippen molar-refractivity contribution in [2.75, 3.05) is 18.5 Å². The van der Waals surface area contributed by atoms with Gasteiger partial charge in [0.05, 0.1) is 18.1 Å². The third kappa shape index (κ3) is 9.40. The summed E-state index contributed by atoms with van der Waals surface area (Å²) >= 11 is 0. The number of β-lactam (4-membered cyclic amide) rings is 1. The van der Waals surface area contributed by atoms with Crippen LogP contribution in [0.2, 0.25) is 18.1 Å². The van der Waals surface area contributed by atoms with Crippen LogP contribution in [-0.4, -0.2) is 72.7 Å². The lowest BCUT2D eigenvalue weighted by molar-refractivity contribution is -0.162. The lowest BCUT2D eigenvalue weighted by Crippen LogP contribution is -2.72. The van der Waals surface area contributed by atoms with Crippen molar-refractivity contribution < 1.29 is 33.1 Å². The summed E-state index contributed by atoms with van der Waals surface area (Å²) in [6.45, 7) is 16.8. The zero-order valence-corrected chi connectivity index (χ0v) is 38.5. The van der Waals surface area contributed by atoms with Crippen LogP contribution in [0.3, 0.4) is 0 Å². The molecule has 0 spiro atoms. The fourth-order valence-corrected chi connectivity index (χ4v) is 14.1. The smallest absolute Gasteiger partial charge is 0.413 e. The summed E-state index contributed by atoms with van der Waals surface area (Å²) in [5.74, 6) is -2.18. The number of ketones is 1. The number of carbonyl (C=O) groups is 4. The molecule has 2 aliphatic rings. The average molecular weight is 872 g/mol. The van der Waals surface area contributed by atoms with E-state index in [-0.39, 0.29) is 41.2 Å². The largest absolute Gasteiger partial charge is 0.457 e. The van der Waals surface area contributed by atoms with Crippen LogP contribution in [0.15, 0.2) is 140 Å². The van der Waals surface area contributed by atoms with Gasteiger partial charge >= 0.3 is 12.1 Å². The minimum atomic E-state index is -3.25. The molecule has 2 heterocycles. The molecule has 0 bridgehead atoms. The summed E-state index contributed by atoms with van der Waals surface area (Å²) in [7, 11) is -2.43. The van der Waals surface area contributed by atoms with Crippen molar-refractivity contribution in [2.24, 2.45) is 11.8 Å². The van der Waals surface area contributed by atoms with E-state index in [0.29, 0.717) is 30.4 Å². The van der Waals surface area contributed by atoms with Crippen molar-refractivity contribution in [3.63, 3.8) is 0 Å². The first-order valence-electron chi connectivity index (χ1n) is 21.1. The maximum atomic E-state index is 15.5. The number of Topliss-reactive ketones (excluding diaryl/α,β-unsaturated/α-hetero) is 1. The summed E-state index contributed by atoms with van der Waals surface area (Å²) in [6.07, 6.45) is 6.80. The van der Waals surface area contributed by atoms with Crippen LogP contribution in [0.1, 0.15) is 52.5 Å². The highest BCUT2D eigenvalue weighted by atomic mass is 31.2. The SMILES string of the molecule is C=CCOC(=O)Nc1cc(/C=C2\CCC[C@H]([C@@H]3[C@@H]([C@@H](C)O[Si](C)(C)C(C)(C)C)C(=O)N3C(C(=O)OCC=C)=P(c3ccccc3)(c3ccccc3)c3ccccc3)C2=O)ccn1. The molecular weight excluding hydrogens is 814 g/mol. The Labute approximate surface area is 367 Å². The number of benzene rings is 3. The van der Waals surface area contributed by atoms with Gasteiger partial charge in [-0.1, -0.05) is 137 Å². The van der Waals surface area contributed by atoms with Gasteiger partial charge in [0.1, 0.15) is 24.4 Å². The topological polar surface area (TPSA) is 124 Å². The summed E-state index contributed by atoms with van der Waals surface area (Å²) < 4.78 is 18.1. The van der Waals surface area contributed by atoms with E-state index in [1.54, 1.807) is 23.2 Å². The third-order valence-electron chi connectivity index (χ3n) is 12.2. The maximum absolute atomic E-state index is 15.5. The van der Waals surface area contributed by atoms with Crippen molar-refractivity contribution in [3.05, 3.63) is 146 Å². The Balaban J connectivity index is 1.59. The van der Waals surface area contributed by atoms with Crippen LogP contribution in [0.4, 0.5) is 10.6 Å². The van der Waals surface area contributed by atoms with Gasteiger partial charge in [-0.05, 0) is 89.6 Å². The van der Waals surface area contributed by atoms with Crippen molar-refractivity contribution in [3.8, 4) is 0 Å². The van der Waals surface area contributed by atoms with Crippen LogP contribution in [0.25, 0.3) is 6.08 Å². The number of hydrogen-bond acceptors (Lipinski definition) is 8. The number of hydrogen-bond donors (Lipinski definition) is 1. The lowest BCUT2D eigenvalue weighted by atomic mass is 9.69. The second kappa shape index (κ2) is 19.6. The highest BCUT2D eigenvalue weighted by Crippen LogP contribution is 2.52. The zero-order valence-electron chi connectivity index (χ0n) is 36.6. The number of rotatable bonds is 15. The Morgan fingerprint density at radius 1 is 0.887 bits per heavy atom. The van der Waals surface area contributed by atoms with Crippen molar-refractivity contribution in [2.45, 2.75) is 77.2 Å². The number of allylic oxidation sites excluding steroid dienone is 1. The first-order chi connectivity index (χ1) is 29.6. The van der Waals surface area contributed by atoms with Gasteiger partial charge in [0.25, 0.3) is 0 Å². The molecule has 1 N–H and O–H groups in total. The standard InChI is InChI=1S/C50H58N3O7PSi/c1-9-31-58-48(56)47(61(38-22-14-11-15-23-38,39-24-16-12-17-25-39)40-26-18-13-19-27-40)53-44(43(46(53)55)35(3)60-62(7,8)50(4,5)6)41-28-20-21-37(45(41)54)33-36-29-30-51-42(34-36)52-49(57)59-32-10-2/h9-19,22-27,29-30,33-35,41,43-44H,1-2,20-21,28,31-32H2,3-8H3,(H,51,52,57)/b37-33+/t35-,41-,43-,44-/m1/s1. The molecule has 1 saturated carbocycles. The van der Waals surface area contributed by atoms with E-state index in [9.17, 15) is 4.79 Å². The number of pyridine rings is 1. The molecule has 1 aliphatic carbocycles. The predicted molar refractivity (Wildman–Crippen MR) is 253 cm³/mol. The van der Waals surface area contributed by atoms with Gasteiger partial charge in [0.15, 0.2) is 14.1 Å². The van der Waals surface area contributed by atoms with Crippen LogP contribution in [0.5, 0.6) is 0 Å². The minimum absolute atomic E-state index is 0.0446. The van der Waals surface area contributed by atoms with Gasteiger partial charge in [-0.3, -0.25) is 14.9 Å². The number of likely N-dealkylation sites (tertiary alicyclic amines) is 1. The molecule has 4 aromatic rings. The molecule has 3 aromatic carbocycles. The van der Waals surface area contributed by atoms with E-state index in [2.05, 4.69) is 57.3 Å². The normalized spacial score (nSPS) is 19.2. The van der Waals surface area contributed by atoms with Gasteiger partial charge in [-0.2, -0.15) is 0 Å². The summed E-state index contributed by atoms with van der Waals surface area (Å²) in [4.78, 5) is 64.0. The summed E-state index contributed by atoms with van der Waals surface area (Å²) in [6, 6.07) is 32.2. The average Bonchev–Trinajstić information content (AvgIpc) is 3.25. The van der Waals surface area contributed by atoms with E-state index < -0.39 is 51.2 Å². The lowest BCUT2D eigenvalue weighted by Gasteiger charge is -2.55. The fourth-order valence-electron chi connectivity index (χ4n) is 8.32. The Hall–Kier alpha value is -5.61. The molecule has 1 aromatic heterocycles. The highest BCUT2D eigenvalue weighted by molar-refractivity contribution is 7.96. The van der Waals surface area contributed by atoms with Crippen LogP contribution in [0, 0.1) is 11.8 Å². The number of aromatic nitrogens is 1. The molecule has 2 amide bonds. The van der Waals surface area contributed by atoms with E-state index in [4.69, 9.17) is 13.9 Å². The molecule has 10 nitrogen and oxygen atoms in total. The maximum Gasteiger partial charge on any atom is 0.413 e. The number of ether oxygens (including phenoxy) is 2. The molecule has 324 valence electrons. The number of esters is 1. The van der Waals surface area contributed by atoms with Crippen LogP contribution in [-0.2, 0) is 28.3 Å². The van der Waals surface area contributed by atoms with E-state index >= 15 is 14.4 Å². The monoisotopic (exact) mass is 871 g/mol. The molecule has 6 rings (SSSR count). The minimum Gasteiger partial charge on any atom is -0.457 e. The number of amides is 2. The molecule has 0 unspecified atom stereocenters. The summed E-state index contributed by atoms with van der Waals surface area (Å²) in [5, 5.41) is 5.04. The molecule has 1 aliphatic heterocycles. The fraction of sp³-hybridized carbons (Fsp3) is 0.320. The van der Waals surface area contributed by atoms with Crippen molar-refractivity contribution in [1.82, 2.24) is 9.88 Å². The van der Waals surface area contributed by atoms with Gasteiger partial charge in [0, 0.05) is 19.0 Å². The Kier molecular flexibility index (Phi) is 14.5. The Bertz CT molecular complexity index is 2270. The van der Waals surface area contributed by atoms with E-state index in [1.807, 2.05) is 104 Å². The summed E-state index contributed by atoms with van der Waals surface area (Å²) in [5.41, 5.74) is 1.46. The zero-order chi connectivity index (χ0) is 44.7. The van der Waals surface area contributed by atoms with Crippen molar-refractivity contribution in [1.29, 1.82) is 0 Å². The molecule has 62 heavy (non-hydrogen) atoms. The highest BCUT2D eigenvalue weighted by Gasteiger charge is 2.60. The second-order valence-electron chi connectivity index (χ2n) is 17.2. The van der Waals surface area contributed by atoms with Gasteiger partial charge in [-0.15, -0.1) is 0 Å². The number of nitrogens with one attached hydrogen (secondary N) is 1. The first-order valence-corrected chi connectivity index (χ1v) is 25.8. The predicted octanol–water partition coefficient (Wildman–Crippen LogP) is 8.66. The Morgan fingerprint density at radius 2 is 1.44 bits per heavy atom. The first kappa shape index (κ1) is 45.9. The molecule has 0 radical (unpaired) electrons. The quantitative estimate of drug-likeness (QED) is 0.0315. The molecule has 1 saturated heterocycles. The number of carbonyl (C=O) groups excluding carboxylic acids is 4. The molecular formula is C50H58N3O7PSi. The van der Waals surface area contributed by atoms with E-state index in [1.165, 1.54) is 12.2 Å². The molecule has 2 fully saturated rings. The van der Waals surface area contributed by atoms with E-state index in [0.717, 1.165) is 15.9 Å². The van der Waals surface area contributed by atoms with Gasteiger partial charge in [-0.25, -0.2) is 14.6 Å². The van der Waals surface area contributed by atoms with Gasteiger partial charge < -0.3 is 18.8 Å².